The second-order valence-electron chi connectivity index (χ2n) is 2.28. The van der Waals surface area contributed by atoms with E-state index in [9.17, 15) is 19.4 Å². The van der Waals surface area contributed by atoms with Crippen molar-refractivity contribution >= 4 is 28.3 Å². The fourth-order valence-corrected chi connectivity index (χ4v) is 0.970. The lowest BCUT2D eigenvalue weighted by molar-refractivity contribution is -0.384. The van der Waals surface area contributed by atoms with E-state index in [-0.39, 0.29) is 0 Å². The Morgan fingerprint density at radius 1 is 1.50 bits per heavy atom. The van der Waals surface area contributed by atoms with Crippen LogP contribution in [0.5, 0.6) is 0 Å². The number of nitro benzene ring substituents is 1. The molecule has 0 bridgehead atoms. The number of benzene rings is 1. The summed E-state index contributed by atoms with van der Waals surface area (Å²) in [6.45, 7) is 0. The first-order chi connectivity index (χ1) is 6.54. The third kappa shape index (κ3) is 1.97. The molecular formula is C7H4ClFN2O3. The van der Waals surface area contributed by atoms with E-state index in [0.29, 0.717) is 0 Å². The van der Waals surface area contributed by atoms with Crippen LogP contribution in [0.4, 0.5) is 20.7 Å². The van der Waals surface area contributed by atoms with Crippen LogP contribution in [-0.4, -0.2) is 10.3 Å². The van der Waals surface area contributed by atoms with Gasteiger partial charge in [-0.1, -0.05) is 16.6 Å². The van der Waals surface area contributed by atoms with Gasteiger partial charge in [0, 0.05) is 6.07 Å². The van der Waals surface area contributed by atoms with Crippen molar-refractivity contribution in [2.75, 3.05) is 5.12 Å². The number of carbonyl (C=O) groups excluding carboxylic acids is 1. The first-order valence-electron chi connectivity index (χ1n) is 3.43. The van der Waals surface area contributed by atoms with Gasteiger partial charge in [-0.3, -0.25) is 14.9 Å². The van der Waals surface area contributed by atoms with E-state index < -0.39 is 26.8 Å². The highest BCUT2D eigenvalue weighted by atomic mass is 35.5. The Kier molecular flexibility index (Phi) is 2.98. The molecule has 0 aliphatic rings. The van der Waals surface area contributed by atoms with Crippen LogP contribution in [0.2, 0.25) is 0 Å². The van der Waals surface area contributed by atoms with Gasteiger partial charge in [0.1, 0.15) is 0 Å². The highest BCUT2D eigenvalue weighted by Crippen LogP contribution is 2.28. The molecule has 0 N–H and O–H groups in total. The predicted octanol–water partition coefficient (Wildman–Crippen LogP) is 2.64. The normalized spacial score (nSPS) is 9.57. The monoisotopic (exact) mass is 218 g/mol. The fraction of sp³-hybridized carbons (Fsp3) is 0. The summed E-state index contributed by atoms with van der Waals surface area (Å²) in [6, 6.07) is 4.86. The van der Waals surface area contributed by atoms with Crippen molar-refractivity contribution in [3.63, 3.8) is 0 Å². The van der Waals surface area contributed by atoms with E-state index in [2.05, 4.69) is 0 Å². The summed E-state index contributed by atoms with van der Waals surface area (Å²) in [5.74, 6) is 0. The van der Waals surface area contributed by atoms with Crippen LogP contribution in [0.1, 0.15) is 0 Å². The first-order valence-corrected chi connectivity index (χ1v) is 3.80. The van der Waals surface area contributed by atoms with Crippen LogP contribution in [-0.2, 0) is 0 Å². The van der Waals surface area contributed by atoms with Gasteiger partial charge < -0.3 is 0 Å². The van der Waals surface area contributed by atoms with Crippen molar-refractivity contribution in [2.24, 2.45) is 0 Å². The molecule has 14 heavy (non-hydrogen) atoms. The molecule has 0 aliphatic carbocycles. The number of hydrogen-bond acceptors (Lipinski definition) is 3. The molecule has 1 amide bonds. The van der Waals surface area contributed by atoms with Crippen LogP contribution in [0, 0.1) is 10.1 Å². The molecule has 0 unspecified atom stereocenters. The Morgan fingerprint density at radius 2 is 2.07 bits per heavy atom. The number of nitrogens with zero attached hydrogens (tertiary/aromatic N) is 2. The molecular weight excluding hydrogens is 215 g/mol. The summed E-state index contributed by atoms with van der Waals surface area (Å²) in [5, 5.41) is 8.49. The summed E-state index contributed by atoms with van der Waals surface area (Å²) in [6.07, 6.45) is 0. The van der Waals surface area contributed by atoms with E-state index >= 15 is 0 Å². The zero-order valence-electron chi connectivity index (χ0n) is 6.68. The lowest BCUT2D eigenvalue weighted by atomic mass is 10.3. The Morgan fingerprint density at radius 3 is 2.57 bits per heavy atom. The quantitative estimate of drug-likeness (QED) is 0.252. The number of para-hydroxylation sites is 2. The van der Waals surface area contributed by atoms with Crippen LogP contribution < -0.4 is 5.12 Å². The molecule has 0 aliphatic heterocycles. The molecule has 1 aromatic carbocycles. The molecule has 0 aromatic heterocycles. The van der Waals surface area contributed by atoms with Gasteiger partial charge in [0.15, 0.2) is 5.69 Å². The van der Waals surface area contributed by atoms with E-state index in [1.807, 2.05) is 0 Å². The number of carbonyl (C=O) groups is 1. The van der Waals surface area contributed by atoms with Crippen LogP contribution >= 0.6 is 11.6 Å². The smallest absolute Gasteiger partial charge is 0.258 e. The van der Waals surface area contributed by atoms with Crippen molar-refractivity contribution in [2.45, 2.75) is 0 Å². The maximum atomic E-state index is 12.9. The van der Waals surface area contributed by atoms with Gasteiger partial charge in [-0.25, -0.2) is 0 Å². The van der Waals surface area contributed by atoms with Crippen molar-refractivity contribution in [1.82, 2.24) is 0 Å². The molecule has 5 nitrogen and oxygen atoms in total. The molecule has 0 spiro atoms. The predicted molar refractivity (Wildman–Crippen MR) is 47.9 cm³/mol. The van der Waals surface area contributed by atoms with Gasteiger partial charge in [0.25, 0.3) is 5.69 Å². The maximum absolute atomic E-state index is 12.9. The molecule has 0 saturated heterocycles. The highest BCUT2D eigenvalue weighted by molar-refractivity contribution is 6.65. The van der Waals surface area contributed by atoms with E-state index in [1.54, 1.807) is 0 Å². The number of anilines is 1. The Labute approximate surface area is 82.8 Å². The lowest BCUT2D eigenvalue weighted by Gasteiger charge is -2.07. The average Bonchev–Trinajstić information content (AvgIpc) is 2.16. The number of rotatable bonds is 2. The lowest BCUT2D eigenvalue weighted by Crippen LogP contribution is -2.15. The van der Waals surface area contributed by atoms with E-state index in [4.69, 9.17) is 11.6 Å². The van der Waals surface area contributed by atoms with Gasteiger partial charge in [-0.05, 0) is 17.7 Å². The molecule has 0 fully saturated rings. The van der Waals surface area contributed by atoms with Crippen molar-refractivity contribution < 1.29 is 14.2 Å². The fourth-order valence-electron chi connectivity index (χ4n) is 0.879. The molecule has 7 heteroatoms. The van der Waals surface area contributed by atoms with Crippen molar-refractivity contribution in [1.29, 1.82) is 0 Å². The number of halogens is 2. The average molecular weight is 219 g/mol. The van der Waals surface area contributed by atoms with Gasteiger partial charge >= 0.3 is 5.37 Å². The largest absolute Gasteiger partial charge is 0.349 e. The van der Waals surface area contributed by atoms with Gasteiger partial charge in [-0.15, -0.1) is 5.12 Å². The van der Waals surface area contributed by atoms with Gasteiger partial charge in [0.2, 0.25) is 0 Å². The maximum Gasteiger partial charge on any atom is 0.349 e. The summed E-state index contributed by atoms with van der Waals surface area (Å²) in [4.78, 5) is 20.0. The minimum atomic E-state index is -1.43. The van der Waals surface area contributed by atoms with Crippen LogP contribution in [0.25, 0.3) is 0 Å². The zero-order chi connectivity index (χ0) is 10.7. The second kappa shape index (κ2) is 4.01. The summed E-state index contributed by atoms with van der Waals surface area (Å²) in [7, 11) is 0. The minimum Gasteiger partial charge on any atom is -0.258 e. The standard InChI is InChI=1S/C7H4ClFN2O3/c8-7(12)10(9)5-3-1-2-4-6(5)11(13)14/h1-4H. The second-order valence-corrected chi connectivity index (χ2v) is 2.60. The topological polar surface area (TPSA) is 63.5 Å². The molecule has 0 saturated carbocycles. The molecule has 1 aromatic rings. The first kappa shape index (κ1) is 10.4. The van der Waals surface area contributed by atoms with Crippen LogP contribution in [0.15, 0.2) is 24.3 Å². The molecule has 74 valence electrons. The minimum absolute atomic E-state index is 0.486. The van der Waals surface area contributed by atoms with Crippen molar-refractivity contribution in [3.05, 3.63) is 34.4 Å². The summed E-state index contributed by atoms with van der Waals surface area (Å²) in [5.41, 5.74) is -1.01. The Balaban J connectivity index is 3.19. The van der Waals surface area contributed by atoms with Crippen molar-refractivity contribution in [3.8, 4) is 0 Å². The Hall–Kier alpha value is -1.69. The molecule has 0 heterocycles. The molecule has 0 atom stereocenters. The van der Waals surface area contributed by atoms with Gasteiger partial charge in [-0.2, -0.15) is 0 Å². The zero-order valence-corrected chi connectivity index (χ0v) is 7.44. The van der Waals surface area contributed by atoms with E-state index in [0.717, 1.165) is 12.1 Å². The molecule has 0 radical (unpaired) electrons. The summed E-state index contributed by atoms with van der Waals surface area (Å²) < 4.78 is 12.9. The van der Waals surface area contributed by atoms with E-state index in [1.165, 1.54) is 12.1 Å². The van der Waals surface area contributed by atoms with Crippen LogP contribution in [0.3, 0.4) is 0 Å². The third-order valence-electron chi connectivity index (χ3n) is 1.44. The van der Waals surface area contributed by atoms with Gasteiger partial charge in [0.05, 0.1) is 4.92 Å². The highest BCUT2D eigenvalue weighted by Gasteiger charge is 2.22. The SMILES string of the molecule is O=C(Cl)N(F)c1ccccc1[N+](=O)[O-]. The number of amides is 1. The number of hydrogen-bond donors (Lipinski definition) is 0. The third-order valence-corrected chi connectivity index (χ3v) is 1.59. The molecule has 1 rings (SSSR count). The summed E-state index contributed by atoms with van der Waals surface area (Å²) >= 11 is 4.83. The number of nitro groups is 1. The Bertz CT molecular complexity index is 385.